The molecule has 2 aliphatic rings. The maximum absolute atomic E-state index is 12.9. The van der Waals surface area contributed by atoms with Crippen LogP contribution in [0.4, 0.5) is 0 Å². The number of hydrogen-bond acceptors (Lipinski definition) is 6. The molecule has 35 heavy (non-hydrogen) atoms. The summed E-state index contributed by atoms with van der Waals surface area (Å²) in [7, 11) is 0. The van der Waals surface area contributed by atoms with Crippen molar-refractivity contribution in [3.8, 4) is 5.75 Å². The molecule has 0 radical (unpaired) electrons. The number of carboxylic acid groups (broad SMARTS) is 1. The van der Waals surface area contributed by atoms with Gasteiger partial charge in [-0.2, -0.15) is 0 Å². The van der Waals surface area contributed by atoms with Crippen LogP contribution in [0.1, 0.15) is 32.0 Å². The van der Waals surface area contributed by atoms with Crippen molar-refractivity contribution in [2.75, 3.05) is 13.1 Å². The predicted molar refractivity (Wildman–Crippen MR) is 130 cm³/mol. The van der Waals surface area contributed by atoms with Gasteiger partial charge in [0.25, 0.3) is 6.47 Å². The molecule has 1 aliphatic heterocycles. The summed E-state index contributed by atoms with van der Waals surface area (Å²) in [6.07, 6.45) is 9.35. The molecule has 1 saturated heterocycles. The van der Waals surface area contributed by atoms with E-state index in [-0.39, 0.29) is 18.5 Å². The SMILES string of the molecule is CCc1nccn1CCC(=O)N1C[C@H]2C[C@@H](Oc3ccc4ccncc4c3)[C@H](O)C[C@H]2C1.O=CO. The fourth-order valence-corrected chi connectivity index (χ4v) is 5.26. The van der Waals surface area contributed by atoms with E-state index in [1.807, 2.05) is 41.6 Å². The number of nitrogens with zero attached hydrogens (tertiary/aromatic N) is 4. The Balaban J connectivity index is 0.000000917. The summed E-state index contributed by atoms with van der Waals surface area (Å²) in [5, 5.41) is 19.8. The highest BCUT2D eigenvalue weighted by molar-refractivity contribution is 5.82. The largest absolute Gasteiger partial charge is 0.488 e. The molecule has 9 heteroatoms. The average molecular weight is 481 g/mol. The first-order valence-electron chi connectivity index (χ1n) is 12.1. The van der Waals surface area contributed by atoms with E-state index in [0.717, 1.165) is 48.3 Å². The van der Waals surface area contributed by atoms with Crippen molar-refractivity contribution in [1.29, 1.82) is 0 Å². The number of pyridine rings is 1. The van der Waals surface area contributed by atoms with Crippen LogP contribution in [0.5, 0.6) is 5.75 Å². The number of aryl methyl sites for hydroxylation is 2. The van der Waals surface area contributed by atoms with E-state index in [2.05, 4.69) is 21.5 Å². The van der Waals surface area contributed by atoms with E-state index in [1.54, 1.807) is 12.4 Å². The first-order valence-corrected chi connectivity index (χ1v) is 12.1. The number of aromatic nitrogens is 3. The number of fused-ring (bicyclic) bond motifs is 2. The van der Waals surface area contributed by atoms with E-state index in [4.69, 9.17) is 14.6 Å². The van der Waals surface area contributed by atoms with Crippen LogP contribution in [0.15, 0.2) is 49.1 Å². The second-order valence-electron chi connectivity index (χ2n) is 9.14. The number of aliphatic hydroxyl groups excluding tert-OH is 1. The van der Waals surface area contributed by atoms with Gasteiger partial charge < -0.3 is 24.4 Å². The van der Waals surface area contributed by atoms with Crippen molar-refractivity contribution in [1.82, 2.24) is 19.4 Å². The number of carbonyl (C=O) groups excluding carboxylic acids is 1. The molecule has 2 N–H and O–H groups in total. The van der Waals surface area contributed by atoms with Crippen LogP contribution < -0.4 is 4.74 Å². The summed E-state index contributed by atoms with van der Waals surface area (Å²) in [4.78, 5) is 31.7. The summed E-state index contributed by atoms with van der Waals surface area (Å²) >= 11 is 0. The topological polar surface area (TPSA) is 118 Å². The zero-order valence-corrected chi connectivity index (χ0v) is 19.9. The van der Waals surface area contributed by atoms with Gasteiger partial charge >= 0.3 is 0 Å². The van der Waals surface area contributed by atoms with Crippen LogP contribution in [-0.2, 0) is 22.6 Å². The standard InChI is InChI=1S/C25H30N4O3.CH2O2/c1-2-24-27-8-10-28(24)9-6-25(31)29-15-19-12-22(30)23(13-20(19)16-29)32-21-4-3-17-5-7-26-14-18(17)11-21;2-1-3/h3-5,7-8,10-11,14,19-20,22-23,30H,2,6,9,12-13,15-16H2,1H3;1H,(H,2,3)/t19-,20+,22+,23+;/m0./s1. The Morgan fingerprint density at radius 3 is 2.71 bits per heavy atom. The fourth-order valence-electron chi connectivity index (χ4n) is 5.26. The van der Waals surface area contributed by atoms with E-state index < -0.39 is 6.10 Å². The minimum absolute atomic E-state index is 0.184. The van der Waals surface area contributed by atoms with E-state index in [0.29, 0.717) is 31.2 Å². The Morgan fingerprint density at radius 2 is 1.94 bits per heavy atom. The van der Waals surface area contributed by atoms with Gasteiger partial charge in [-0.15, -0.1) is 0 Å². The second-order valence-corrected chi connectivity index (χ2v) is 9.14. The molecule has 0 spiro atoms. The first kappa shape index (κ1) is 24.7. The number of aliphatic hydroxyl groups is 1. The van der Waals surface area contributed by atoms with Crippen molar-refractivity contribution in [2.45, 2.75) is 51.4 Å². The average Bonchev–Trinajstić information content (AvgIpc) is 3.49. The van der Waals surface area contributed by atoms with Crippen molar-refractivity contribution >= 4 is 23.2 Å². The number of hydrogen-bond donors (Lipinski definition) is 2. The number of imidazole rings is 1. The van der Waals surface area contributed by atoms with Crippen LogP contribution in [0, 0.1) is 11.8 Å². The van der Waals surface area contributed by atoms with Gasteiger partial charge in [-0.05, 0) is 48.3 Å². The van der Waals surface area contributed by atoms with Crippen LogP contribution in [0.25, 0.3) is 10.8 Å². The quantitative estimate of drug-likeness (QED) is 0.521. The van der Waals surface area contributed by atoms with Crippen LogP contribution in [0.3, 0.4) is 0 Å². The smallest absolute Gasteiger partial charge is 0.290 e. The Labute approximate surface area is 204 Å². The van der Waals surface area contributed by atoms with E-state index in [1.165, 1.54) is 0 Å². The van der Waals surface area contributed by atoms with E-state index in [9.17, 15) is 9.90 Å². The molecule has 3 heterocycles. The Bertz CT molecular complexity index is 1150. The first-order chi connectivity index (χ1) is 17.0. The van der Waals surface area contributed by atoms with Crippen LogP contribution in [-0.4, -0.2) is 67.3 Å². The third kappa shape index (κ3) is 5.79. The highest BCUT2D eigenvalue weighted by atomic mass is 16.5. The molecule has 2 fully saturated rings. The minimum Gasteiger partial charge on any atom is -0.488 e. The summed E-state index contributed by atoms with van der Waals surface area (Å²) in [5.41, 5.74) is 0. The zero-order chi connectivity index (χ0) is 24.8. The van der Waals surface area contributed by atoms with Gasteiger partial charge in [0.05, 0.1) is 6.10 Å². The molecular formula is C26H32N4O5. The maximum Gasteiger partial charge on any atom is 0.290 e. The molecule has 186 valence electrons. The van der Waals surface area contributed by atoms with Gasteiger partial charge in [-0.25, -0.2) is 4.98 Å². The molecule has 5 rings (SSSR count). The van der Waals surface area contributed by atoms with Crippen LogP contribution in [0.2, 0.25) is 0 Å². The van der Waals surface area contributed by atoms with Crippen molar-refractivity contribution in [3.05, 3.63) is 54.9 Å². The van der Waals surface area contributed by atoms with Crippen molar-refractivity contribution < 1.29 is 24.5 Å². The molecule has 1 aromatic carbocycles. The van der Waals surface area contributed by atoms with Gasteiger partial charge in [0, 0.05) is 62.6 Å². The molecule has 1 aliphatic carbocycles. The Hall–Kier alpha value is -3.46. The number of ether oxygens (including phenoxy) is 1. The zero-order valence-electron chi connectivity index (χ0n) is 19.9. The van der Waals surface area contributed by atoms with Gasteiger partial charge in [0.2, 0.25) is 5.91 Å². The molecule has 3 aromatic rings. The monoisotopic (exact) mass is 480 g/mol. The lowest BCUT2D eigenvalue weighted by molar-refractivity contribution is -0.130. The number of likely N-dealkylation sites (tertiary alicyclic amines) is 1. The lowest BCUT2D eigenvalue weighted by atomic mass is 9.78. The lowest BCUT2D eigenvalue weighted by Gasteiger charge is -2.35. The normalized spacial score (nSPS) is 23.3. The van der Waals surface area contributed by atoms with Crippen molar-refractivity contribution in [3.63, 3.8) is 0 Å². The molecule has 4 atom stereocenters. The Morgan fingerprint density at radius 1 is 1.17 bits per heavy atom. The van der Waals surface area contributed by atoms with Crippen molar-refractivity contribution in [2.24, 2.45) is 11.8 Å². The fraction of sp³-hybridized carbons (Fsp3) is 0.462. The summed E-state index contributed by atoms with van der Waals surface area (Å²) < 4.78 is 8.27. The minimum atomic E-state index is -0.519. The number of amides is 1. The lowest BCUT2D eigenvalue weighted by Crippen LogP contribution is -2.42. The molecule has 1 saturated carbocycles. The third-order valence-electron chi connectivity index (χ3n) is 7.02. The molecule has 9 nitrogen and oxygen atoms in total. The highest BCUT2D eigenvalue weighted by Crippen LogP contribution is 2.38. The Kier molecular flexibility index (Phi) is 7.97. The molecule has 1 amide bonds. The molecule has 2 aromatic heterocycles. The summed E-state index contributed by atoms with van der Waals surface area (Å²) in [6.45, 7) is 3.98. The third-order valence-corrected chi connectivity index (χ3v) is 7.02. The number of carbonyl (C=O) groups is 2. The number of rotatable bonds is 6. The van der Waals surface area contributed by atoms with Gasteiger partial charge in [0.15, 0.2) is 0 Å². The number of benzene rings is 1. The highest BCUT2D eigenvalue weighted by Gasteiger charge is 2.43. The van der Waals surface area contributed by atoms with Crippen LogP contribution >= 0.6 is 0 Å². The molecule has 0 unspecified atom stereocenters. The van der Waals surface area contributed by atoms with Gasteiger partial charge in [-0.1, -0.05) is 13.0 Å². The molecule has 0 bridgehead atoms. The van der Waals surface area contributed by atoms with E-state index >= 15 is 0 Å². The maximum atomic E-state index is 12.9. The second kappa shape index (κ2) is 11.3. The summed E-state index contributed by atoms with van der Waals surface area (Å²) in [6, 6.07) is 7.92. The van der Waals surface area contributed by atoms with Gasteiger partial charge in [0.1, 0.15) is 17.7 Å². The van der Waals surface area contributed by atoms with Gasteiger partial charge in [-0.3, -0.25) is 14.6 Å². The summed E-state index contributed by atoms with van der Waals surface area (Å²) in [5.74, 6) is 2.67. The predicted octanol–water partition coefficient (Wildman–Crippen LogP) is 2.76. The molecular weight excluding hydrogens is 448 g/mol.